The van der Waals surface area contributed by atoms with Crippen LogP contribution in [0.3, 0.4) is 0 Å². The highest BCUT2D eigenvalue weighted by Gasteiger charge is 2.61. The molecule has 178 valence electrons. The number of ketones is 1. The summed E-state index contributed by atoms with van der Waals surface area (Å²) in [6.07, 6.45) is 4.45. The molecule has 0 heterocycles. The molecule has 0 spiro atoms. The van der Waals surface area contributed by atoms with Crippen molar-refractivity contribution < 1.29 is 27.8 Å². The van der Waals surface area contributed by atoms with Crippen molar-refractivity contribution in [1.82, 2.24) is 0 Å². The van der Waals surface area contributed by atoms with Crippen molar-refractivity contribution in [3.05, 3.63) is 0 Å². The number of carbonyl (C=O) groups is 1. The third-order valence-electron chi connectivity index (χ3n) is 10.4. The zero-order valence-corrected chi connectivity index (χ0v) is 19.4. The highest BCUT2D eigenvalue weighted by Crippen LogP contribution is 2.68. The smallest absolute Gasteiger partial charge is 0.390 e. The third-order valence-corrected chi connectivity index (χ3v) is 10.4. The molecule has 4 saturated carbocycles. The third kappa shape index (κ3) is 3.98. The maximum absolute atomic E-state index is 12.6. The van der Waals surface area contributed by atoms with Crippen LogP contribution in [0.2, 0.25) is 0 Å². The Balaban J connectivity index is 1.46. The molecule has 3 nitrogen and oxygen atoms in total. The first-order valence-electron chi connectivity index (χ1n) is 12.2. The molecule has 6 heteroatoms. The summed E-state index contributed by atoms with van der Waals surface area (Å²) in [4.78, 5) is 11.3. The quantitative estimate of drug-likeness (QED) is 0.584. The van der Waals surface area contributed by atoms with E-state index in [1.54, 1.807) is 0 Å². The van der Waals surface area contributed by atoms with Crippen molar-refractivity contribution in [3.8, 4) is 0 Å². The number of aliphatic hydroxyl groups is 1. The first-order valence-corrected chi connectivity index (χ1v) is 12.2. The molecular weight excluding hydrogens is 405 g/mol. The van der Waals surface area contributed by atoms with E-state index >= 15 is 0 Å². The Morgan fingerprint density at radius 3 is 2.35 bits per heavy atom. The van der Waals surface area contributed by atoms with Gasteiger partial charge in [0.15, 0.2) is 0 Å². The Kier molecular flexibility index (Phi) is 5.86. The average Bonchev–Trinajstić information content (AvgIpc) is 3.02. The number of fused-ring (bicyclic) bond motifs is 5. The highest BCUT2D eigenvalue weighted by atomic mass is 19.4. The minimum Gasteiger partial charge on any atom is -0.390 e. The van der Waals surface area contributed by atoms with Gasteiger partial charge in [0.2, 0.25) is 0 Å². The average molecular weight is 445 g/mol. The minimum absolute atomic E-state index is 0.0746. The second-order valence-electron chi connectivity index (χ2n) is 12.0. The molecule has 31 heavy (non-hydrogen) atoms. The molecule has 5 unspecified atom stereocenters. The Morgan fingerprint density at radius 1 is 1.00 bits per heavy atom. The molecule has 0 amide bonds. The van der Waals surface area contributed by atoms with Gasteiger partial charge in [-0.15, -0.1) is 0 Å². The van der Waals surface area contributed by atoms with E-state index in [0.717, 1.165) is 44.9 Å². The van der Waals surface area contributed by atoms with Crippen LogP contribution in [0, 0.1) is 40.4 Å². The summed E-state index contributed by atoms with van der Waals surface area (Å²) in [6, 6.07) is 0. The van der Waals surface area contributed by atoms with E-state index in [4.69, 9.17) is 4.74 Å². The monoisotopic (exact) mass is 444 g/mol. The zero-order chi connectivity index (χ0) is 22.8. The first-order chi connectivity index (χ1) is 14.3. The van der Waals surface area contributed by atoms with Crippen LogP contribution in [-0.2, 0) is 9.53 Å². The SMILES string of the molecule is C[C@H](OCC(=O)C(F)(F)F)[C@H]1CCC2C3CC[C@H]4C[C@@](C)(O)CCC4(C)C3CCC21C. The molecular formula is C25H39F3O3. The van der Waals surface area contributed by atoms with Crippen LogP contribution in [0.15, 0.2) is 0 Å². The van der Waals surface area contributed by atoms with Crippen molar-refractivity contribution in [3.63, 3.8) is 0 Å². The Labute approximate surface area is 184 Å². The standard InChI is InChI=1S/C25H39F3O3/c1-15(31-14-21(29)25(26,27)28)18-7-8-19-17-6-5-16-13-22(2,30)11-12-23(16,3)20(17)9-10-24(18,19)4/h15-20,30H,5-14H2,1-4H3/t15-,16-,17?,18+,19?,20?,22-,23?,24?/m0/s1. The number of hydrogen-bond donors (Lipinski definition) is 1. The van der Waals surface area contributed by atoms with Crippen molar-refractivity contribution >= 4 is 5.78 Å². The van der Waals surface area contributed by atoms with Crippen LogP contribution in [0.4, 0.5) is 13.2 Å². The van der Waals surface area contributed by atoms with Gasteiger partial charge in [-0.05, 0) is 112 Å². The number of ether oxygens (including phenoxy) is 1. The molecule has 0 saturated heterocycles. The molecule has 4 aliphatic carbocycles. The van der Waals surface area contributed by atoms with Gasteiger partial charge in [-0.25, -0.2) is 0 Å². The number of halogens is 3. The molecule has 0 aliphatic heterocycles. The van der Waals surface area contributed by atoms with E-state index in [9.17, 15) is 23.1 Å². The summed E-state index contributed by atoms with van der Waals surface area (Å²) < 4.78 is 43.2. The van der Waals surface area contributed by atoms with E-state index in [1.807, 2.05) is 13.8 Å². The summed E-state index contributed by atoms with van der Waals surface area (Å²) in [5.74, 6) is 0.939. The topological polar surface area (TPSA) is 46.5 Å². The van der Waals surface area contributed by atoms with Crippen molar-refractivity contribution in [2.75, 3.05) is 6.61 Å². The van der Waals surface area contributed by atoms with Gasteiger partial charge in [0.25, 0.3) is 5.78 Å². The van der Waals surface area contributed by atoms with Crippen LogP contribution >= 0.6 is 0 Å². The number of hydrogen-bond acceptors (Lipinski definition) is 3. The lowest BCUT2D eigenvalue weighted by Crippen LogP contribution is -2.55. The van der Waals surface area contributed by atoms with E-state index < -0.39 is 24.2 Å². The fourth-order valence-electron chi connectivity index (χ4n) is 8.65. The van der Waals surface area contributed by atoms with Crippen molar-refractivity contribution in [2.45, 2.75) is 103 Å². The van der Waals surface area contributed by atoms with Gasteiger partial charge in [-0.2, -0.15) is 13.2 Å². The minimum atomic E-state index is -4.82. The van der Waals surface area contributed by atoms with E-state index in [0.29, 0.717) is 29.1 Å². The molecule has 4 rings (SSSR count). The summed E-state index contributed by atoms with van der Waals surface area (Å²) in [5.41, 5.74) is -0.156. The molecule has 0 aromatic rings. The summed E-state index contributed by atoms with van der Waals surface area (Å²) in [5, 5.41) is 10.6. The maximum atomic E-state index is 12.6. The van der Waals surface area contributed by atoms with Gasteiger partial charge >= 0.3 is 6.18 Å². The normalized spacial score (nSPS) is 48.5. The van der Waals surface area contributed by atoms with Crippen LogP contribution in [0.1, 0.15) is 85.5 Å². The molecule has 0 aromatic carbocycles. The number of carbonyl (C=O) groups excluding carboxylic acids is 1. The predicted molar refractivity (Wildman–Crippen MR) is 112 cm³/mol. The fraction of sp³-hybridized carbons (Fsp3) is 0.960. The molecule has 4 fully saturated rings. The summed E-state index contributed by atoms with van der Waals surface area (Å²) in [6.45, 7) is 7.77. The summed E-state index contributed by atoms with van der Waals surface area (Å²) >= 11 is 0. The second-order valence-corrected chi connectivity index (χ2v) is 12.0. The van der Waals surface area contributed by atoms with Crippen molar-refractivity contribution in [1.29, 1.82) is 0 Å². The molecule has 4 aliphatic rings. The molecule has 0 bridgehead atoms. The van der Waals surface area contributed by atoms with Crippen LogP contribution in [0.25, 0.3) is 0 Å². The Hall–Kier alpha value is -0.620. The number of rotatable bonds is 4. The summed E-state index contributed by atoms with van der Waals surface area (Å²) in [7, 11) is 0. The predicted octanol–water partition coefficient (Wildman–Crippen LogP) is 5.93. The lowest BCUT2D eigenvalue weighted by atomic mass is 9.44. The van der Waals surface area contributed by atoms with Gasteiger partial charge in [0, 0.05) is 0 Å². The highest BCUT2D eigenvalue weighted by molar-refractivity contribution is 5.85. The first kappa shape index (κ1) is 23.5. The van der Waals surface area contributed by atoms with Gasteiger partial charge in [0.1, 0.15) is 6.61 Å². The maximum Gasteiger partial charge on any atom is 0.452 e. The van der Waals surface area contributed by atoms with Gasteiger partial charge in [-0.3, -0.25) is 4.79 Å². The fourth-order valence-corrected chi connectivity index (χ4v) is 8.65. The molecule has 9 atom stereocenters. The second kappa shape index (κ2) is 7.72. The lowest BCUT2D eigenvalue weighted by molar-refractivity contribution is -0.179. The number of alkyl halides is 3. The Morgan fingerprint density at radius 2 is 1.68 bits per heavy atom. The molecule has 0 aromatic heterocycles. The lowest BCUT2D eigenvalue weighted by Gasteiger charge is -2.62. The number of Topliss-reactive ketones (excluding diaryl/α,β-unsaturated/α-hetero) is 1. The van der Waals surface area contributed by atoms with Crippen molar-refractivity contribution in [2.24, 2.45) is 40.4 Å². The Bertz CT molecular complexity index is 705. The van der Waals surface area contributed by atoms with Crippen LogP contribution in [0.5, 0.6) is 0 Å². The van der Waals surface area contributed by atoms with Gasteiger partial charge in [0.05, 0.1) is 11.7 Å². The zero-order valence-electron chi connectivity index (χ0n) is 19.4. The van der Waals surface area contributed by atoms with Gasteiger partial charge in [-0.1, -0.05) is 13.8 Å². The van der Waals surface area contributed by atoms with E-state index in [2.05, 4.69) is 13.8 Å². The molecule has 1 N–H and O–H groups in total. The van der Waals surface area contributed by atoms with Crippen LogP contribution < -0.4 is 0 Å². The van der Waals surface area contributed by atoms with Crippen LogP contribution in [-0.4, -0.2) is 35.4 Å². The van der Waals surface area contributed by atoms with E-state index in [-0.39, 0.29) is 17.4 Å². The van der Waals surface area contributed by atoms with E-state index in [1.165, 1.54) is 12.8 Å². The molecule has 0 radical (unpaired) electrons. The largest absolute Gasteiger partial charge is 0.452 e. The van der Waals surface area contributed by atoms with Gasteiger partial charge < -0.3 is 9.84 Å².